The second-order valence-corrected chi connectivity index (χ2v) is 3.79. The van der Waals surface area contributed by atoms with E-state index in [4.69, 9.17) is 5.26 Å². The predicted molar refractivity (Wildman–Crippen MR) is 62.2 cm³/mol. The highest BCUT2D eigenvalue weighted by Gasteiger charge is 2.14. The molecule has 0 saturated heterocycles. The highest BCUT2D eigenvalue weighted by atomic mass is 19.1. The minimum atomic E-state index is -0.855. The van der Waals surface area contributed by atoms with E-state index in [-0.39, 0.29) is 16.9 Å². The third-order valence-corrected chi connectivity index (χ3v) is 2.31. The number of nitriles is 1. The number of benzene rings is 1. The lowest BCUT2D eigenvalue weighted by Crippen LogP contribution is -2.14. The molecule has 7 heteroatoms. The maximum atomic E-state index is 13.0. The molecular weight excluding hydrogens is 254 g/mol. The van der Waals surface area contributed by atoms with Crippen LogP contribution < -0.4 is 5.32 Å². The number of rotatable bonds is 2. The summed E-state index contributed by atoms with van der Waals surface area (Å²) >= 11 is 0. The molecule has 0 radical (unpaired) electrons. The molecule has 0 saturated carbocycles. The van der Waals surface area contributed by atoms with E-state index < -0.39 is 17.5 Å². The van der Waals surface area contributed by atoms with Gasteiger partial charge in [-0.25, -0.2) is 8.78 Å². The average molecular weight is 262 g/mol. The monoisotopic (exact) mass is 262 g/mol. The second-order valence-electron chi connectivity index (χ2n) is 3.79. The van der Waals surface area contributed by atoms with Crippen molar-refractivity contribution >= 4 is 11.7 Å². The summed E-state index contributed by atoms with van der Waals surface area (Å²) in [6.45, 7) is 0. The Hall–Kier alpha value is -2.75. The van der Waals surface area contributed by atoms with Gasteiger partial charge in [0.05, 0.1) is 0 Å². The van der Waals surface area contributed by atoms with Crippen LogP contribution in [0.1, 0.15) is 15.9 Å². The maximum Gasteiger partial charge on any atom is 0.257 e. The van der Waals surface area contributed by atoms with Crippen LogP contribution in [0.25, 0.3) is 0 Å². The first kappa shape index (κ1) is 12.7. The Labute approximate surface area is 107 Å². The van der Waals surface area contributed by atoms with E-state index in [1.54, 1.807) is 7.05 Å². The van der Waals surface area contributed by atoms with Gasteiger partial charge >= 0.3 is 0 Å². The molecule has 2 rings (SSSR count). The van der Waals surface area contributed by atoms with Crippen molar-refractivity contribution in [3.63, 3.8) is 0 Å². The van der Waals surface area contributed by atoms with E-state index in [9.17, 15) is 13.6 Å². The third kappa shape index (κ3) is 2.74. The van der Waals surface area contributed by atoms with Crippen LogP contribution in [0.4, 0.5) is 14.6 Å². The molecule has 5 nitrogen and oxygen atoms in total. The van der Waals surface area contributed by atoms with Crippen molar-refractivity contribution in [1.82, 2.24) is 9.78 Å². The van der Waals surface area contributed by atoms with Gasteiger partial charge in [-0.3, -0.25) is 9.48 Å². The number of carbonyl (C=O) groups excluding carboxylic acids is 1. The third-order valence-electron chi connectivity index (χ3n) is 2.31. The summed E-state index contributed by atoms with van der Waals surface area (Å²) in [5.74, 6) is -2.41. The largest absolute Gasteiger partial charge is 0.304 e. The van der Waals surface area contributed by atoms with Crippen molar-refractivity contribution in [2.75, 3.05) is 5.32 Å². The number of hydrogen-bond acceptors (Lipinski definition) is 3. The molecule has 19 heavy (non-hydrogen) atoms. The number of aryl methyl sites for hydroxylation is 1. The molecule has 1 heterocycles. The molecule has 0 aliphatic heterocycles. The highest BCUT2D eigenvalue weighted by molar-refractivity contribution is 6.04. The maximum absolute atomic E-state index is 13.0. The van der Waals surface area contributed by atoms with Crippen LogP contribution >= 0.6 is 0 Å². The molecule has 0 unspecified atom stereocenters. The quantitative estimate of drug-likeness (QED) is 0.897. The summed E-state index contributed by atoms with van der Waals surface area (Å²) < 4.78 is 27.3. The number of hydrogen-bond donors (Lipinski definition) is 1. The van der Waals surface area contributed by atoms with Crippen LogP contribution in [-0.2, 0) is 7.05 Å². The zero-order valence-electron chi connectivity index (χ0n) is 9.82. The van der Waals surface area contributed by atoms with Crippen LogP contribution in [0.3, 0.4) is 0 Å². The van der Waals surface area contributed by atoms with Gasteiger partial charge in [-0.1, -0.05) is 0 Å². The van der Waals surface area contributed by atoms with Crippen LogP contribution in [0, 0.1) is 23.0 Å². The lowest BCUT2D eigenvalue weighted by Gasteiger charge is -2.03. The highest BCUT2D eigenvalue weighted by Crippen LogP contribution is 2.14. The lowest BCUT2D eigenvalue weighted by atomic mass is 10.2. The summed E-state index contributed by atoms with van der Waals surface area (Å²) in [6.07, 6.45) is 1.42. The van der Waals surface area contributed by atoms with Crippen LogP contribution in [0.5, 0.6) is 0 Å². The number of aromatic nitrogens is 2. The number of nitrogens with zero attached hydrogens (tertiary/aromatic N) is 3. The number of carbonyl (C=O) groups is 1. The summed E-state index contributed by atoms with van der Waals surface area (Å²) in [7, 11) is 1.58. The first-order chi connectivity index (χ1) is 8.99. The lowest BCUT2D eigenvalue weighted by molar-refractivity contribution is 0.102. The van der Waals surface area contributed by atoms with E-state index in [1.165, 1.54) is 10.9 Å². The normalized spacial score (nSPS) is 10.0. The fraction of sp³-hybridized carbons (Fsp3) is 0.0833. The number of amides is 1. The van der Waals surface area contributed by atoms with Crippen molar-refractivity contribution in [2.24, 2.45) is 7.05 Å². The van der Waals surface area contributed by atoms with Gasteiger partial charge in [0.25, 0.3) is 5.91 Å². The predicted octanol–water partition coefficient (Wildman–Crippen LogP) is 1.82. The molecule has 0 aliphatic carbocycles. The van der Waals surface area contributed by atoms with Gasteiger partial charge in [-0.15, -0.1) is 0 Å². The standard InChI is InChI=1S/C12H8F2N4O/c1-18-6-8(5-15)11(17-18)16-12(19)7-2-9(13)4-10(14)3-7/h2-4,6H,1H3,(H,16,17,19). The van der Waals surface area contributed by atoms with Gasteiger partial charge in [-0.2, -0.15) is 10.4 Å². The van der Waals surface area contributed by atoms with Gasteiger partial charge in [0.1, 0.15) is 23.3 Å². The van der Waals surface area contributed by atoms with Crippen molar-refractivity contribution in [3.05, 3.63) is 47.2 Å². The molecule has 1 N–H and O–H groups in total. The SMILES string of the molecule is Cn1cc(C#N)c(NC(=O)c2cc(F)cc(F)c2)n1. The van der Waals surface area contributed by atoms with E-state index in [0.29, 0.717) is 6.07 Å². The molecule has 1 aromatic carbocycles. The molecule has 96 valence electrons. The topological polar surface area (TPSA) is 70.7 Å². The van der Waals surface area contributed by atoms with Gasteiger partial charge in [0.15, 0.2) is 5.82 Å². The van der Waals surface area contributed by atoms with E-state index in [0.717, 1.165) is 12.1 Å². The molecule has 2 aromatic rings. The molecule has 0 spiro atoms. The Balaban J connectivity index is 2.28. The Morgan fingerprint density at radius 2 is 2.00 bits per heavy atom. The van der Waals surface area contributed by atoms with Gasteiger partial charge < -0.3 is 5.32 Å². The molecule has 0 fully saturated rings. The molecule has 0 aliphatic rings. The van der Waals surface area contributed by atoms with Gasteiger partial charge in [-0.05, 0) is 12.1 Å². The van der Waals surface area contributed by atoms with Crippen molar-refractivity contribution in [2.45, 2.75) is 0 Å². The van der Waals surface area contributed by atoms with Crippen LogP contribution in [-0.4, -0.2) is 15.7 Å². The minimum Gasteiger partial charge on any atom is -0.304 e. The van der Waals surface area contributed by atoms with Gasteiger partial charge in [0.2, 0.25) is 0 Å². The zero-order chi connectivity index (χ0) is 14.0. The fourth-order valence-corrected chi connectivity index (χ4v) is 1.53. The summed E-state index contributed by atoms with van der Waals surface area (Å²) in [5, 5.41) is 15.0. The van der Waals surface area contributed by atoms with Crippen molar-refractivity contribution in [1.29, 1.82) is 5.26 Å². The first-order valence-electron chi connectivity index (χ1n) is 5.21. The molecule has 0 atom stereocenters. The average Bonchev–Trinajstić information content (AvgIpc) is 2.68. The fourth-order valence-electron chi connectivity index (χ4n) is 1.53. The zero-order valence-corrected chi connectivity index (χ0v) is 9.82. The number of halogens is 2. The van der Waals surface area contributed by atoms with Crippen molar-refractivity contribution in [3.8, 4) is 6.07 Å². The van der Waals surface area contributed by atoms with Gasteiger partial charge in [0, 0.05) is 24.9 Å². The second kappa shape index (κ2) is 4.86. The Kier molecular flexibility index (Phi) is 3.25. The number of anilines is 1. The summed E-state index contributed by atoms with van der Waals surface area (Å²) in [5.41, 5.74) is -0.0280. The van der Waals surface area contributed by atoms with E-state index >= 15 is 0 Å². The van der Waals surface area contributed by atoms with Crippen LogP contribution in [0.15, 0.2) is 24.4 Å². The van der Waals surface area contributed by atoms with Crippen LogP contribution in [0.2, 0.25) is 0 Å². The molecule has 0 bridgehead atoms. The Morgan fingerprint density at radius 3 is 2.58 bits per heavy atom. The molecular formula is C12H8F2N4O. The Bertz CT molecular complexity index is 667. The number of nitrogens with one attached hydrogen (secondary N) is 1. The van der Waals surface area contributed by atoms with Crippen molar-refractivity contribution < 1.29 is 13.6 Å². The van der Waals surface area contributed by atoms with E-state index in [2.05, 4.69) is 10.4 Å². The summed E-state index contributed by atoms with van der Waals surface area (Å²) in [4.78, 5) is 11.8. The minimum absolute atomic E-state index is 0.0414. The smallest absolute Gasteiger partial charge is 0.257 e. The Morgan fingerprint density at radius 1 is 1.37 bits per heavy atom. The first-order valence-corrected chi connectivity index (χ1v) is 5.21. The van der Waals surface area contributed by atoms with E-state index in [1.807, 2.05) is 6.07 Å². The summed E-state index contributed by atoms with van der Waals surface area (Å²) in [6, 6.07) is 4.31. The molecule has 1 amide bonds. The molecule has 1 aromatic heterocycles.